The van der Waals surface area contributed by atoms with Crippen molar-refractivity contribution < 1.29 is 19.1 Å². The van der Waals surface area contributed by atoms with Crippen LogP contribution in [-0.4, -0.2) is 55.4 Å². The van der Waals surface area contributed by atoms with E-state index >= 15 is 0 Å². The van der Waals surface area contributed by atoms with Gasteiger partial charge < -0.3 is 15.4 Å². The first-order chi connectivity index (χ1) is 13.3. The standard InChI is InChI=1S/C18H25N5O4S/c1-10-6-11-7-12(15(24)21-17(20)25)9-23(2)14(11)4-5-28-16(13(10)8-19)22-18(26)27-3/h11-12,14H,1,4-7,9H2,2-3H3,(H,22,26)(H3,20,21,24,25)/b16-13-/t11-,12+,14+/m0/s1. The fraction of sp³-hybridized carbons (Fsp3) is 0.556. The molecule has 0 aromatic heterocycles. The van der Waals surface area contributed by atoms with Crippen molar-refractivity contribution in [2.75, 3.05) is 26.5 Å². The number of amides is 4. The number of nitrogens with zero attached hydrogens (tertiary/aromatic N) is 2. The lowest BCUT2D eigenvalue weighted by Gasteiger charge is -2.42. The summed E-state index contributed by atoms with van der Waals surface area (Å²) in [6, 6.07) is 1.46. The molecule has 10 heteroatoms. The largest absolute Gasteiger partial charge is 0.453 e. The number of urea groups is 1. The molecule has 9 nitrogen and oxygen atoms in total. The van der Waals surface area contributed by atoms with Crippen LogP contribution in [0.2, 0.25) is 0 Å². The van der Waals surface area contributed by atoms with Gasteiger partial charge in [0.1, 0.15) is 6.07 Å². The zero-order chi connectivity index (χ0) is 20.8. The molecular formula is C18H25N5O4S. The zero-order valence-corrected chi connectivity index (χ0v) is 16.8. The molecule has 28 heavy (non-hydrogen) atoms. The quantitative estimate of drug-likeness (QED) is 0.627. The number of ether oxygens (including phenoxy) is 1. The summed E-state index contributed by atoms with van der Waals surface area (Å²) in [5.74, 6) is 0.00161. The maximum atomic E-state index is 12.3. The minimum Gasteiger partial charge on any atom is -0.453 e. The molecule has 0 bridgehead atoms. The van der Waals surface area contributed by atoms with Crippen molar-refractivity contribution >= 4 is 29.8 Å². The Hall–Kier alpha value is -2.51. The molecule has 2 rings (SSSR count). The number of nitriles is 1. The van der Waals surface area contributed by atoms with Crippen molar-refractivity contribution in [1.29, 1.82) is 5.26 Å². The molecule has 1 saturated heterocycles. The summed E-state index contributed by atoms with van der Waals surface area (Å²) in [5, 5.41) is 14.8. The molecule has 0 spiro atoms. The van der Waals surface area contributed by atoms with E-state index in [-0.39, 0.29) is 23.8 Å². The number of allylic oxidation sites excluding steroid dienone is 2. The number of hydrogen-bond acceptors (Lipinski definition) is 7. The van der Waals surface area contributed by atoms with E-state index in [1.165, 1.54) is 18.9 Å². The third kappa shape index (κ3) is 5.27. The number of nitrogens with two attached hydrogens (primary N) is 1. The van der Waals surface area contributed by atoms with Gasteiger partial charge in [-0.3, -0.25) is 15.4 Å². The lowest BCUT2D eigenvalue weighted by atomic mass is 9.77. The van der Waals surface area contributed by atoms with Crippen LogP contribution >= 0.6 is 11.8 Å². The van der Waals surface area contributed by atoms with Gasteiger partial charge in [-0.15, -0.1) is 11.8 Å². The number of methoxy groups -OCH3 is 1. The highest BCUT2D eigenvalue weighted by atomic mass is 32.2. The third-order valence-electron chi connectivity index (χ3n) is 5.09. The van der Waals surface area contributed by atoms with Gasteiger partial charge in [0.05, 0.1) is 23.6 Å². The monoisotopic (exact) mass is 407 g/mol. The van der Waals surface area contributed by atoms with Crippen LogP contribution in [0.4, 0.5) is 9.59 Å². The zero-order valence-electron chi connectivity index (χ0n) is 16.0. The molecule has 4 N–H and O–H groups in total. The topological polar surface area (TPSA) is 138 Å². The van der Waals surface area contributed by atoms with E-state index < -0.39 is 12.1 Å². The Kier molecular flexibility index (Phi) is 7.48. The maximum Gasteiger partial charge on any atom is 0.411 e. The number of primary amides is 1. The highest BCUT2D eigenvalue weighted by molar-refractivity contribution is 8.03. The molecule has 0 saturated carbocycles. The Labute approximate surface area is 168 Å². The van der Waals surface area contributed by atoms with Crippen molar-refractivity contribution in [3.8, 4) is 6.07 Å². The minimum absolute atomic E-state index is 0.0799. The number of nitrogens with one attached hydrogen (secondary N) is 2. The van der Waals surface area contributed by atoms with Crippen LogP contribution in [0.1, 0.15) is 19.3 Å². The predicted octanol–water partition coefficient (Wildman–Crippen LogP) is 1.29. The van der Waals surface area contributed by atoms with Crippen molar-refractivity contribution in [3.63, 3.8) is 0 Å². The second-order valence-electron chi connectivity index (χ2n) is 6.93. The first-order valence-corrected chi connectivity index (χ1v) is 9.86. The van der Waals surface area contributed by atoms with Crippen molar-refractivity contribution in [2.24, 2.45) is 17.6 Å². The molecule has 0 radical (unpaired) electrons. The molecule has 152 valence electrons. The summed E-state index contributed by atoms with van der Waals surface area (Å²) in [5.41, 5.74) is 5.99. The van der Waals surface area contributed by atoms with Gasteiger partial charge in [-0.05, 0) is 37.8 Å². The normalized spacial score (nSPS) is 28.6. The van der Waals surface area contributed by atoms with Gasteiger partial charge in [0.2, 0.25) is 5.91 Å². The molecule has 4 amide bonds. The average Bonchev–Trinajstić information content (AvgIpc) is 2.68. The minimum atomic E-state index is -0.863. The molecule has 1 fully saturated rings. The van der Waals surface area contributed by atoms with E-state index in [0.717, 1.165) is 6.42 Å². The molecule has 0 aromatic carbocycles. The summed E-state index contributed by atoms with van der Waals surface area (Å²) in [7, 11) is 3.20. The van der Waals surface area contributed by atoms with Crippen molar-refractivity contribution in [2.45, 2.75) is 25.3 Å². The molecule has 2 aliphatic rings. The number of rotatable bonds is 2. The smallest absolute Gasteiger partial charge is 0.411 e. The highest BCUT2D eigenvalue weighted by Gasteiger charge is 2.38. The number of thioether (sulfide) groups is 1. The second-order valence-corrected chi connectivity index (χ2v) is 8.04. The van der Waals surface area contributed by atoms with Crippen LogP contribution in [0.3, 0.4) is 0 Å². The average molecular weight is 407 g/mol. The van der Waals surface area contributed by atoms with Gasteiger partial charge in [-0.1, -0.05) is 6.58 Å². The van der Waals surface area contributed by atoms with Crippen LogP contribution in [0.5, 0.6) is 0 Å². The third-order valence-corrected chi connectivity index (χ3v) is 6.12. The van der Waals surface area contributed by atoms with Gasteiger partial charge in [-0.25, -0.2) is 9.59 Å². The van der Waals surface area contributed by atoms with E-state index in [2.05, 4.69) is 32.9 Å². The van der Waals surface area contributed by atoms with E-state index in [1.807, 2.05) is 7.05 Å². The number of piperidine rings is 1. The fourth-order valence-electron chi connectivity index (χ4n) is 3.83. The van der Waals surface area contributed by atoms with Crippen molar-refractivity contribution in [1.82, 2.24) is 15.5 Å². The van der Waals surface area contributed by atoms with Gasteiger partial charge in [0.25, 0.3) is 0 Å². The molecular weight excluding hydrogens is 382 g/mol. The Balaban J connectivity index is 2.24. The molecule has 2 heterocycles. The molecule has 2 aliphatic heterocycles. The number of fused-ring (bicyclic) bond motifs is 1. The molecule has 0 aromatic rings. The van der Waals surface area contributed by atoms with E-state index in [1.54, 1.807) is 0 Å². The first kappa shape index (κ1) is 21.8. The lowest BCUT2D eigenvalue weighted by Crippen LogP contribution is -2.52. The van der Waals surface area contributed by atoms with Gasteiger partial charge in [-0.2, -0.15) is 5.26 Å². The van der Waals surface area contributed by atoms with Crippen LogP contribution in [0.15, 0.2) is 22.8 Å². The van der Waals surface area contributed by atoms with Gasteiger partial charge in [0.15, 0.2) is 0 Å². The van der Waals surface area contributed by atoms with Crippen LogP contribution in [0.25, 0.3) is 0 Å². The summed E-state index contributed by atoms with van der Waals surface area (Å²) in [6.45, 7) is 4.57. The van der Waals surface area contributed by atoms with E-state index in [9.17, 15) is 19.6 Å². The molecule has 0 aliphatic carbocycles. The predicted molar refractivity (Wildman–Crippen MR) is 105 cm³/mol. The SMILES string of the molecule is C=C1C[C@H]2C[C@@H](C(=O)NC(N)=O)CN(C)[C@@H]2CCS/C(NC(=O)OC)=C\1C#N. The molecule has 3 atom stereocenters. The van der Waals surface area contributed by atoms with Crippen LogP contribution in [-0.2, 0) is 9.53 Å². The van der Waals surface area contributed by atoms with Gasteiger partial charge in [0, 0.05) is 18.3 Å². The summed E-state index contributed by atoms with van der Waals surface area (Å²) in [4.78, 5) is 37.0. The molecule has 0 unspecified atom stereocenters. The summed E-state index contributed by atoms with van der Waals surface area (Å²) >= 11 is 1.38. The fourth-order valence-corrected chi connectivity index (χ4v) is 4.89. The number of carbonyl (C=O) groups is 3. The Morgan fingerprint density at radius 2 is 2.14 bits per heavy atom. The Morgan fingerprint density at radius 1 is 1.43 bits per heavy atom. The highest BCUT2D eigenvalue weighted by Crippen LogP contribution is 2.38. The van der Waals surface area contributed by atoms with Crippen molar-refractivity contribution in [3.05, 3.63) is 22.8 Å². The van der Waals surface area contributed by atoms with Crippen LogP contribution in [0, 0.1) is 23.2 Å². The number of hydrogen-bond donors (Lipinski definition) is 3. The second kappa shape index (κ2) is 9.61. The number of likely N-dealkylation sites (tertiary alicyclic amines) is 1. The Morgan fingerprint density at radius 3 is 2.75 bits per heavy atom. The van der Waals surface area contributed by atoms with E-state index in [4.69, 9.17) is 5.73 Å². The summed E-state index contributed by atoms with van der Waals surface area (Å²) in [6.07, 6.45) is 1.25. The summed E-state index contributed by atoms with van der Waals surface area (Å²) < 4.78 is 4.64. The lowest BCUT2D eigenvalue weighted by molar-refractivity contribution is -0.127. The number of imide groups is 1. The van der Waals surface area contributed by atoms with E-state index in [0.29, 0.717) is 41.3 Å². The first-order valence-electron chi connectivity index (χ1n) is 8.87. The Bertz CT molecular complexity index is 745. The number of alkyl carbamates (subject to hydrolysis) is 1. The number of carbonyl (C=O) groups excluding carboxylic acids is 3. The maximum absolute atomic E-state index is 12.3. The van der Waals surface area contributed by atoms with Gasteiger partial charge >= 0.3 is 12.1 Å². The van der Waals surface area contributed by atoms with Crippen LogP contribution < -0.4 is 16.4 Å².